The van der Waals surface area contributed by atoms with E-state index in [1.165, 1.54) is 10.9 Å². The summed E-state index contributed by atoms with van der Waals surface area (Å²) in [6.45, 7) is 6.16. The molecule has 1 heterocycles. The zero-order valence-corrected chi connectivity index (χ0v) is 10.7. The molecule has 0 aliphatic carbocycles. The summed E-state index contributed by atoms with van der Waals surface area (Å²) >= 11 is 0. The maximum Gasteiger partial charge on any atom is 0.358 e. The highest BCUT2D eigenvalue weighted by molar-refractivity contribution is 5.91. The first kappa shape index (κ1) is 14.0. The summed E-state index contributed by atoms with van der Waals surface area (Å²) in [4.78, 5) is 22.6. The highest BCUT2D eigenvalue weighted by atomic mass is 16.4. The van der Waals surface area contributed by atoms with E-state index in [2.05, 4.69) is 10.4 Å². The summed E-state index contributed by atoms with van der Waals surface area (Å²) in [5, 5.41) is 15.4. The van der Waals surface area contributed by atoms with E-state index in [0.717, 1.165) is 0 Å². The van der Waals surface area contributed by atoms with Gasteiger partial charge in [-0.1, -0.05) is 13.8 Å². The number of carbonyl (C=O) groups is 2. The molecule has 0 saturated carbocycles. The van der Waals surface area contributed by atoms with Gasteiger partial charge in [-0.3, -0.25) is 9.48 Å². The van der Waals surface area contributed by atoms with Crippen molar-refractivity contribution in [1.82, 2.24) is 15.1 Å². The van der Waals surface area contributed by atoms with Gasteiger partial charge in [0.25, 0.3) is 0 Å². The summed E-state index contributed by atoms with van der Waals surface area (Å²) in [5.74, 6) is -1.08. The van der Waals surface area contributed by atoms with Crippen molar-refractivity contribution in [3.63, 3.8) is 0 Å². The molecule has 0 fully saturated rings. The van der Waals surface area contributed by atoms with Gasteiger partial charge in [0.1, 0.15) is 6.04 Å². The number of hydrogen-bond acceptors (Lipinski definition) is 4. The molecule has 0 aliphatic heterocycles. The van der Waals surface area contributed by atoms with Gasteiger partial charge in [0.2, 0.25) is 5.91 Å². The molecule has 7 nitrogen and oxygen atoms in total. The van der Waals surface area contributed by atoms with Gasteiger partial charge in [-0.15, -0.1) is 0 Å². The zero-order valence-electron chi connectivity index (χ0n) is 10.7. The average Bonchev–Trinajstić information content (AvgIpc) is 2.67. The molecule has 0 spiro atoms. The monoisotopic (exact) mass is 254 g/mol. The predicted octanol–water partition coefficient (Wildman–Crippen LogP) is 0.497. The van der Waals surface area contributed by atoms with Crippen LogP contribution < -0.4 is 11.1 Å². The predicted molar refractivity (Wildman–Crippen MR) is 66.2 cm³/mol. The lowest BCUT2D eigenvalue weighted by molar-refractivity contribution is -0.124. The summed E-state index contributed by atoms with van der Waals surface area (Å²) in [7, 11) is 0. The lowest BCUT2D eigenvalue weighted by Gasteiger charge is -2.13. The lowest BCUT2D eigenvalue weighted by Crippen LogP contribution is -2.33. The minimum atomic E-state index is -1.21. The maximum absolute atomic E-state index is 11.8. The number of aromatic carboxylic acids is 1. The number of nitrogens with one attached hydrogen (secondary N) is 1. The average molecular weight is 254 g/mol. The molecule has 18 heavy (non-hydrogen) atoms. The molecule has 0 saturated heterocycles. The fourth-order valence-corrected chi connectivity index (χ4v) is 1.34. The second kappa shape index (κ2) is 5.52. The molecular weight excluding hydrogens is 236 g/mol. The number of amides is 1. The summed E-state index contributed by atoms with van der Waals surface area (Å²) < 4.78 is 1.26. The molecule has 0 aromatic carbocycles. The third-order valence-electron chi connectivity index (χ3n) is 2.42. The SMILES string of the molecule is CC(C)CNC(=O)C(C)n1cc(N)c(C(=O)O)n1. The molecule has 1 amide bonds. The molecule has 0 radical (unpaired) electrons. The zero-order chi connectivity index (χ0) is 13.9. The van der Waals surface area contributed by atoms with Crippen LogP contribution in [0.3, 0.4) is 0 Å². The largest absolute Gasteiger partial charge is 0.476 e. The second-order valence-corrected chi connectivity index (χ2v) is 4.53. The van der Waals surface area contributed by atoms with Gasteiger partial charge < -0.3 is 16.2 Å². The van der Waals surface area contributed by atoms with Crippen LogP contribution in [0, 0.1) is 5.92 Å². The van der Waals surface area contributed by atoms with Crippen molar-refractivity contribution in [1.29, 1.82) is 0 Å². The lowest BCUT2D eigenvalue weighted by atomic mass is 10.2. The summed E-state index contributed by atoms with van der Waals surface area (Å²) in [6, 6.07) is -0.598. The van der Waals surface area contributed by atoms with Crippen molar-refractivity contribution in [2.75, 3.05) is 12.3 Å². The number of hydrogen-bond donors (Lipinski definition) is 3. The number of nitrogen functional groups attached to an aromatic ring is 1. The first-order chi connectivity index (χ1) is 8.32. The van der Waals surface area contributed by atoms with Crippen LogP contribution in [0.1, 0.15) is 37.3 Å². The first-order valence-corrected chi connectivity index (χ1v) is 5.68. The molecule has 1 aromatic rings. The minimum Gasteiger partial charge on any atom is -0.476 e. The Bertz CT molecular complexity index is 453. The Hall–Kier alpha value is -2.05. The molecule has 0 bridgehead atoms. The van der Waals surface area contributed by atoms with E-state index in [0.29, 0.717) is 12.5 Å². The number of nitrogens with zero attached hydrogens (tertiary/aromatic N) is 2. The van der Waals surface area contributed by atoms with Gasteiger partial charge in [-0.05, 0) is 12.8 Å². The molecule has 1 rings (SSSR count). The van der Waals surface area contributed by atoms with Crippen molar-refractivity contribution in [3.8, 4) is 0 Å². The molecule has 7 heteroatoms. The van der Waals surface area contributed by atoms with Crippen LogP contribution in [-0.4, -0.2) is 33.3 Å². The highest BCUT2D eigenvalue weighted by Gasteiger charge is 2.20. The smallest absolute Gasteiger partial charge is 0.358 e. The maximum atomic E-state index is 11.8. The number of carboxylic acids is 1. The Morgan fingerprint density at radius 1 is 1.50 bits per heavy atom. The van der Waals surface area contributed by atoms with E-state index in [9.17, 15) is 9.59 Å². The van der Waals surface area contributed by atoms with Gasteiger partial charge in [0, 0.05) is 12.7 Å². The van der Waals surface area contributed by atoms with Crippen molar-refractivity contribution in [2.24, 2.45) is 5.92 Å². The van der Waals surface area contributed by atoms with Crippen LogP contribution in [0.15, 0.2) is 6.20 Å². The number of carboxylic acid groups (broad SMARTS) is 1. The second-order valence-electron chi connectivity index (χ2n) is 4.53. The van der Waals surface area contributed by atoms with Crippen LogP contribution in [-0.2, 0) is 4.79 Å². The van der Waals surface area contributed by atoms with Gasteiger partial charge in [-0.2, -0.15) is 5.10 Å². The van der Waals surface area contributed by atoms with Crippen LogP contribution in [0.4, 0.5) is 5.69 Å². The van der Waals surface area contributed by atoms with E-state index < -0.39 is 12.0 Å². The fraction of sp³-hybridized carbons (Fsp3) is 0.545. The van der Waals surface area contributed by atoms with Crippen LogP contribution in [0.5, 0.6) is 0 Å². The van der Waals surface area contributed by atoms with E-state index in [-0.39, 0.29) is 17.3 Å². The van der Waals surface area contributed by atoms with E-state index in [1.807, 2.05) is 13.8 Å². The number of nitrogens with two attached hydrogens (primary N) is 1. The van der Waals surface area contributed by atoms with E-state index in [1.54, 1.807) is 6.92 Å². The normalized spacial score (nSPS) is 12.4. The third-order valence-corrected chi connectivity index (χ3v) is 2.42. The summed E-state index contributed by atoms with van der Waals surface area (Å²) in [6.07, 6.45) is 1.35. The van der Waals surface area contributed by atoms with Gasteiger partial charge in [-0.25, -0.2) is 4.79 Å². The Balaban J connectivity index is 2.77. The van der Waals surface area contributed by atoms with Crippen LogP contribution >= 0.6 is 0 Å². The molecule has 4 N–H and O–H groups in total. The third kappa shape index (κ3) is 3.22. The van der Waals surface area contributed by atoms with Gasteiger partial charge >= 0.3 is 5.97 Å². The Labute approximate surface area is 105 Å². The summed E-state index contributed by atoms with van der Waals surface area (Å²) in [5.41, 5.74) is 5.32. The Kier molecular flexibility index (Phi) is 4.30. The van der Waals surface area contributed by atoms with Crippen molar-refractivity contribution < 1.29 is 14.7 Å². The van der Waals surface area contributed by atoms with Crippen LogP contribution in [0.2, 0.25) is 0 Å². The quantitative estimate of drug-likeness (QED) is 0.708. The molecule has 1 aromatic heterocycles. The first-order valence-electron chi connectivity index (χ1n) is 5.68. The molecule has 100 valence electrons. The number of carbonyl (C=O) groups excluding carboxylic acids is 1. The number of rotatable bonds is 5. The van der Waals surface area contributed by atoms with E-state index in [4.69, 9.17) is 10.8 Å². The van der Waals surface area contributed by atoms with Crippen molar-refractivity contribution in [2.45, 2.75) is 26.8 Å². The van der Waals surface area contributed by atoms with E-state index >= 15 is 0 Å². The Morgan fingerprint density at radius 2 is 2.11 bits per heavy atom. The molecule has 1 unspecified atom stereocenters. The molecule has 1 atom stereocenters. The van der Waals surface area contributed by atoms with Crippen molar-refractivity contribution in [3.05, 3.63) is 11.9 Å². The molecular formula is C11H18N4O3. The minimum absolute atomic E-state index is 0.0472. The Morgan fingerprint density at radius 3 is 2.56 bits per heavy atom. The number of aromatic nitrogens is 2. The topological polar surface area (TPSA) is 110 Å². The highest BCUT2D eigenvalue weighted by Crippen LogP contribution is 2.13. The van der Waals surface area contributed by atoms with Gasteiger partial charge in [0.05, 0.1) is 5.69 Å². The van der Waals surface area contributed by atoms with Crippen molar-refractivity contribution >= 4 is 17.6 Å². The number of anilines is 1. The van der Waals surface area contributed by atoms with Gasteiger partial charge in [0.15, 0.2) is 5.69 Å². The molecule has 0 aliphatic rings. The fourth-order valence-electron chi connectivity index (χ4n) is 1.34. The van der Waals surface area contributed by atoms with Crippen LogP contribution in [0.25, 0.3) is 0 Å². The standard InChI is InChI=1S/C11H18N4O3/c1-6(2)4-13-10(16)7(3)15-5-8(12)9(14-15)11(17)18/h5-7H,4,12H2,1-3H3,(H,13,16)(H,17,18).